The molecule has 0 aliphatic carbocycles. The van der Waals surface area contributed by atoms with Gasteiger partial charge in [-0.3, -0.25) is 4.18 Å². The third kappa shape index (κ3) is 4.38. The zero-order valence-corrected chi connectivity index (χ0v) is 11.0. The van der Waals surface area contributed by atoms with Crippen molar-refractivity contribution in [3.8, 4) is 5.75 Å². The van der Waals surface area contributed by atoms with Gasteiger partial charge in [0.2, 0.25) is 0 Å². The van der Waals surface area contributed by atoms with Crippen LogP contribution >= 0.6 is 0 Å². The van der Waals surface area contributed by atoms with Crippen molar-refractivity contribution in [1.82, 2.24) is 4.98 Å². The molecule has 1 aromatic carbocycles. The number of hydrogen-bond donors (Lipinski definition) is 0. The second kappa shape index (κ2) is 5.85. The zero-order chi connectivity index (χ0) is 13.7. The van der Waals surface area contributed by atoms with E-state index >= 15 is 0 Å². The van der Waals surface area contributed by atoms with Crippen molar-refractivity contribution >= 4 is 10.1 Å². The van der Waals surface area contributed by atoms with Crippen LogP contribution in [-0.2, 0) is 14.3 Å². The summed E-state index contributed by atoms with van der Waals surface area (Å²) >= 11 is 0. The number of rotatable bonds is 6. The Morgan fingerprint density at radius 3 is 2.63 bits per heavy atom. The number of hydrogen-bond acceptors (Lipinski definition) is 6. The Hall–Kier alpha value is -1.86. The van der Waals surface area contributed by atoms with Gasteiger partial charge in [0.25, 0.3) is 10.1 Å². The van der Waals surface area contributed by atoms with E-state index in [-0.39, 0.29) is 6.61 Å². The molecule has 0 amide bonds. The quantitative estimate of drug-likeness (QED) is 0.752. The van der Waals surface area contributed by atoms with Gasteiger partial charge < -0.3 is 9.15 Å². The van der Waals surface area contributed by atoms with Crippen molar-refractivity contribution in [2.75, 3.05) is 12.9 Å². The molecule has 7 heteroatoms. The summed E-state index contributed by atoms with van der Waals surface area (Å²) in [5.41, 5.74) is 0. The van der Waals surface area contributed by atoms with Crippen LogP contribution in [0.25, 0.3) is 0 Å². The first-order chi connectivity index (χ1) is 9.04. The van der Waals surface area contributed by atoms with Crippen LogP contribution in [0.4, 0.5) is 0 Å². The normalized spacial score (nSPS) is 13.1. The van der Waals surface area contributed by atoms with E-state index in [0.29, 0.717) is 11.5 Å². The van der Waals surface area contributed by atoms with Crippen molar-refractivity contribution in [2.24, 2.45) is 0 Å². The smallest absolute Gasteiger partial charge is 0.264 e. The second-order valence-electron chi connectivity index (χ2n) is 3.81. The van der Waals surface area contributed by atoms with Crippen molar-refractivity contribution < 1.29 is 21.8 Å². The van der Waals surface area contributed by atoms with E-state index in [4.69, 9.17) is 13.3 Å². The fraction of sp³-hybridized carbons (Fsp3) is 0.250. The first-order valence-corrected chi connectivity index (χ1v) is 7.31. The molecule has 0 aliphatic rings. The average Bonchev–Trinajstić information content (AvgIpc) is 2.88. The minimum Gasteiger partial charge on any atom is -0.480 e. The fourth-order valence-corrected chi connectivity index (χ4v) is 1.78. The lowest BCUT2D eigenvalue weighted by atomic mass is 10.3. The molecule has 6 nitrogen and oxygen atoms in total. The standard InChI is InChI=1S/C12H13NO5S/c1-19(14,15)17-8-12(11-7-13-9-16-11)18-10-5-3-2-4-6-10/h2-7,9,12H,8H2,1H3. The van der Waals surface area contributed by atoms with E-state index < -0.39 is 16.2 Å². The highest BCUT2D eigenvalue weighted by atomic mass is 32.2. The van der Waals surface area contributed by atoms with Crippen molar-refractivity contribution in [3.05, 3.63) is 48.7 Å². The summed E-state index contributed by atoms with van der Waals surface area (Å²) in [6.45, 7) is -0.178. The summed E-state index contributed by atoms with van der Waals surface area (Å²) in [7, 11) is -3.54. The van der Waals surface area contributed by atoms with Gasteiger partial charge in [0.05, 0.1) is 12.5 Å². The number of oxazole rings is 1. The summed E-state index contributed by atoms with van der Waals surface area (Å²) in [5.74, 6) is 0.980. The first-order valence-electron chi connectivity index (χ1n) is 5.49. The van der Waals surface area contributed by atoms with Crippen LogP contribution in [0.1, 0.15) is 11.9 Å². The molecule has 1 aromatic heterocycles. The molecule has 2 aromatic rings. The molecule has 1 atom stereocenters. The van der Waals surface area contributed by atoms with E-state index in [1.807, 2.05) is 18.2 Å². The Morgan fingerprint density at radius 2 is 2.05 bits per heavy atom. The lowest BCUT2D eigenvalue weighted by Gasteiger charge is -2.16. The van der Waals surface area contributed by atoms with Gasteiger partial charge in [-0.1, -0.05) is 18.2 Å². The fourth-order valence-electron chi connectivity index (χ4n) is 1.41. The van der Waals surface area contributed by atoms with Gasteiger partial charge in [-0.05, 0) is 12.1 Å². The summed E-state index contributed by atoms with van der Waals surface area (Å²) in [5, 5.41) is 0. The maximum absolute atomic E-state index is 11.0. The lowest BCUT2D eigenvalue weighted by Crippen LogP contribution is -2.17. The lowest BCUT2D eigenvalue weighted by molar-refractivity contribution is 0.114. The third-order valence-electron chi connectivity index (χ3n) is 2.22. The Bertz CT molecular complexity index is 594. The highest BCUT2D eigenvalue weighted by Crippen LogP contribution is 2.22. The molecule has 0 radical (unpaired) electrons. The maximum atomic E-state index is 11.0. The van der Waals surface area contributed by atoms with Gasteiger partial charge in [0, 0.05) is 0 Å². The molecule has 102 valence electrons. The predicted molar refractivity (Wildman–Crippen MR) is 67.1 cm³/mol. The second-order valence-corrected chi connectivity index (χ2v) is 5.46. The summed E-state index contributed by atoms with van der Waals surface area (Å²) < 4.78 is 37.6. The van der Waals surface area contributed by atoms with Crippen LogP contribution in [0.3, 0.4) is 0 Å². The minimum atomic E-state index is -3.54. The number of benzene rings is 1. The van der Waals surface area contributed by atoms with Gasteiger partial charge in [-0.2, -0.15) is 8.42 Å². The maximum Gasteiger partial charge on any atom is 0.264 e. The largest absolute Gasteiger partial charge is 0.480 e. The SMILES string of the molecule is CS(=O)(=O)OCC(Oc1ccccc1)c1cnco1. The first kappa shape index (κ1) is 13.6. The number of ether oxygens (including phenoxy) is 1. The molecule has 1 unspecified atom stereocenters. The van der Waals surface area contributed by atoms with Crippen LogP contribution in [0.15, 0.2) is 47.3 Å². The molecular formula is C12H13NO5S. The van der Waals surface area contributed by atoms with Crippen LogP contribution in [0, 0.1) is 0 Å². The molecule has 2 rings (SSSR count). The topological polar surface area (TPSA) is 78.6 Å². The van der Waals surface area contributed by atoms with E-state index in [1.54, 1.807) is 12.1 Å². The van der Waals surface area contributed by atoms with Crippen LogP contribution < -0.4 is 4.74 Å². The number of para-hydroxylation sites is 1. The Labute approximate surface area is 111 Å². The Morgan fingerprint density at radius 1 is 1.32 bits per heavy atom. The molecule has 19 heavy (non-hydrogen) atoms. The summed E-state index contributed by atoms with van der Waals surface area (Å²) in [4.78, 5) is 3.78. The minimum absolute atomic E-state index is 0.178. The van der Waals surface area contributed by atoms with Crippen molar-refractivity contribution in [1.29, 1.82) is 0 Å². The third-order valence-corrected chi connectivity index (χ3v) is 2.79. The molecule has 0 bridgehead atoms. The molecule has 0 saturated heterocycles. The van der Waals surface area contributed by atoms with Gasteiger partial charge in [0.1, 0.15) is 12.4 Å². The highest BCUT2D eigenvalue weighted by Gasteiger charge is 2.20. The molecule has 0 spiro atoms. The Kier molecular flexibility index (Phi) is 4.18. The highest BCUT2D eigenvalue weighted by molar-refractivity contribution is 7.85. The van der Waals surface area contributed by atoms with Gasteiger partial charge in [-0.15, -0.1) is 0 Å². The molecule has 1 heterocycles. The monoisotopic (exact) mass is 283 g/mol. The average molecular weight is 283 g/mol. The van der Waals surface area contributed by atoms with Crippen LogP contribution in [0.2, 0.25) is 0 Å². The molecule has 0 N–H and O–H groups in total. The number of aromatic nitrogens is 1. The van der Waals surface area contributed by atoms with Gasteiger partial charge in [0.15, 0.2) is 18.3 Å². The van der Waals surface area contributed by atoms with E-state index in [1.165, 1.54) is 12.6 Å². The number of nitrogens with zero attached hydrogens (tertiary/aromatic N) is 1. The van der Waals surface area contributed by atoms with Crippen LogP contribution in [-0.4, -0.2) is 26.3 Å². The predicted octanol–water partition coefficient (Wildman–Crippen LogP) is 1.77. The van der Waals surface area contributed by atoms with Crippen molar-refractivity contribution in [3.63, 3.8) is 0 Å². The zero-order valence-electron chi connectivity index (χ0n) is 10.2. The van der Waals surface area contributed by atoms with Gasteiger partial charge >= 0.3 is 0 Å². The summed E-state index contributed by atoms with van der Waals surface area (Å²) in [6, 6.07) is 8.98. The van der Waals surface area contributed by atoms with E-state index in [2.05, 4.69) is 4.98 Å². The Balaban J connectivity index is 2.11. The van der Waals surface area contributed by atoms with E-state index in [0.717, 1.165) is 6.26 Å². The van der Waals surface area contributed by atoms with Crippen LogP contribution in [0.5, 0.6) is 5.75 Å². The molecule has 0 fully saturated rings. The molecule has 0 aliphatic heterocycles. The van der Waals surface area contributed by atoms with E-state index in [9.17, 15) is 8.42 Å². The van der Waals surface area contributed by atoms with Gasteiger partial charge in [-0.25, -0.2) is 4.98 Å². The molecular weight excluding hydrogens is 270 g/mol. The summed E-state index contributed by atoms with van der Waals surface area (Å²) in [6.07, 6.45) is 3.00. The molecule has 0 saturated carbocycles. The van der Waals surface area contributed by atoms with Crippen molar-refractivity contribution in [2.45, 2.75) is 6.10 Å².